The predicted molar refractivity (Wildman–Crippen MR) is 89.5 cm³/mol. The van der Waals surface area contributed by atoms with Gasteiger partial charge in [-0.25, -0.2) is 12.4 Å². The van der Waals surface area contributed by atoms with Crippen LogP contribution in [-0.4, -0.2) is 12.4 Å². The normalized spacial score (nSPS) is 11.2. The van der Waals surface area contributed by atoms with Crippen molar-refractivity contribution in [1.29, 1.82) is 0 Å². The van der Waals surface area contributed by atoms with Crippen molar-refractivity contribution in [3.63, 3.8) is 0 Å². The lowest BCUT2D eigenvalue weighted by molar-refractivity contribution is 0.587. The molecule has 0 spiro atoms. The molecule has 0 fully saturated rings. The van der Waals surface area contributed by atoms with Gasteiger partial charge in [-0.3, -0.25) is 0 Å². The minimum absolute atomic E-state index is 0.291. The Kier molecular flexibility index (Phi) is 4.49. The number of aromatic nitrogens is 1. The summed E-state index contributed by atoms with van der Waals surface area (Å²) in [6.07, 6.45) is 3.38. The standard InChI is InChI=1S/C12H9I2NO2S/c13-12(14)9-10-5-4-8-15(10)18(16,17)11-6-2-1-3-7-11/h1-9H. The average Bonchev–Trinajstić information content (AvgIpc) is 2.78. The van der Waals surface area contributed by atoms with Crippen LogP contribution in [-0.2, 0) is 10.0 Å². The Morgan fingerprint density at radius 2 is 1.72 bits per heavy atom. The van der Waals surface area contributed by atoms with E-state index < -0.39 is 10.0 Å². The first-order valence-electron chi connectivity index (χ1n) is 5.02. The summed E-state index contributed by atoms with van der Waals surface area (Å²) < 4.78 is 27.1. The Bertz CT molecular complexity index is 671. The van der Waals surface area contributed by atoms with E-state index in [2.05, 4.69) is 45.2 Å². The third kappa shape index (κ3) is 2.97. The zero-order chi connectivity index (χ0) is 13.2. The van der Waals surface area contributed by atoms with Crippen LogP contribution in [0, 0.1) is 0 Å². The number of nitrogens with zero attached hydrogens (tertiary/aromatic N) is 1. The molecular formula is C12H9I2NO2S. The molecule has 0 amide bonds. The summed E-state index contributed by atoms with van der Waals surface area (Å²) in [5, 5.41) is 0. The Balaban J connectivity index is 2.56. The molecule has 94 valence electrons. The fourth-order valence-electron chi connectivity index (χ4n) is 1.53. The van der Waals surface area contributed by atoms with Crippen LogP contribution in [0.1, 0.15) is 5.69 Å². The Morgan fingerprint density at radius 1 is 1.06 bits per heavy atom. The molecule has 0 N–H and O–H groups in total. The number of rotatable bonds is 3. The topological polar surface area (TPSA) is 39.1 Å². The minimum Gasteiger partial charge on any atom is -0.242 e. The van der Waals surface area contributed by atoms with E-state index >= 15 is 0 Å². The summed E-state index contributed by atoms with van der Waals surface area (Å²) >= 11 is 4.29. The molecule has 0 saturated heterocycles. The van der Waals surface area contributed by atoms with Crippen LogP contribution in [0.3, 0.4) is 0 Å². The first-order chi connectivity index (χ1) is 8.51. The number of hydrogen-bond acceptors (Lipinski definition) is 2. The first-order valence-corrected chi connectivity index (χ1v) is 8.62. The van der Waals surface area contributed by atoms with E-state index in [1.165, 1.54) is 3.97 Å². The molecule has 6 heteroatoms. The quantitative estimate of drug-likeness (QED) is 0.620. The summed E-state index contributed by atoms with van der Waals surface area (Å²) in [4.78, 5) is 0.291. The van der Waals surface area contributed by atoms with Gasteiger partial charge in [0.2, 0.25) is 0 Å². The second kappa shape index (κ2) is 5.74. The fraction of sp³-hybridized carbons (Fsp3) is 0. The van der Waals surface area contributed by atoms with Crippen molar-refractivity contribution in [2.45, 2.75) is 4.90 Å². The number of benzene rings is 1. The van der Waals surface area contributed by atoms with Crippen LogP contribution in [0.5, 0.6) is 0 Å². The molecule has 2 rings (SSSR count). The molecule has 0 unspecified atom stereocenters. The maximum absolute atomic E-state index is 12.4. The molecule has 0 aliphatic heterocycles. The van der Waals surface area contributed by atoms with Gasteiger partial charge in [-0.05, 0) is 75.5 Å². The zero-order valence-corrected chi connectivity index (χ0v) is 14.3. The minimum atomic E-state index is -3.51. The van der Waals surface area contributed by atoms with Gasteiger partial charge in [0.1, 0.15) is 0 Å². The summed E-state index contributed by atoms with van der Waals surface area (Å²) in [5.74, 6) is 0. The average molecular weight is 485 g/mol. The first kappa shape index (κ1) is 14.1. The smallest absolute Gasteiger partial charge is 0.242 e. The van der Waals surface area contributed by atoms with Crippen molar-refractivity contribution in [3.8, 4) is 0 Å². The molecule has 1 heterocycles. The third-order valence-corrected chi connectivity index (χ3v) is 4.64. The van der Waals surface area contributed by atoms with Crippen molar-refractivity contribution in [2.75, 3.05) is 0 Å². The second-order valence-electron chi connectivity index (χ2n) is 3.48. The van der Waals surface area contributed by atoms with Crippen molar-refractivity contribution >= 4 is 61.3 Å². The third-order valence-electron chi connectivity index (χ3n) is 2.30. The van der Waals surface area contributed by atoms with Crippen LogP contribution in [0.2, 0.25) is 0 Å². The lowest BCUT2D eigenvalue weighted by Crippen LogP contribution is -2.13. The highest BCUT2D eigenvalue weighted by molar-refractivity contribution is 14.2. The molecule has 1 aromatic carbocycles. The van der Waals surface area contributed by atoms with Gasteiger partial charge in [0.05, 0.1) is 12.2 Å². The Morgan fingerprint density at radius 3 is 2.33 bits per heavy atom. The Labute approximate surface area is 133 Å². The second-order valence-corrected chi connectivity index (χ2v) is 9.68. The summed E-state index contributed by atoms with van der Waals surface area (Å²) in [6.45, 7) is 0. The molecule has 0 aliphatic rings. The van der Waals surface area contributed by atoms with Crippen molar-refractivity contribution in [1.82, 2.24) is 3.97 Å². The Hall–Kier alpha value is -0.350. The molecule has 0 aliphatic carbocycles. The van der Waals surface area contributed by atoms with Crippen LogP contribution in [0.15, 0.2) is 55.1 Å². The molecule has 3 nitrogen and oxygen atoms in total. The molecule has 0 saturated carbocycles. The van der Waals surface area contributed by atoms with Gasteiger partial charge < -0.3 is 0 Å². The fourth-order valence-corrected chi connectivity index (χ4v) is 3.52. The molecule has 18 heavy (non-hydrogen) atoms. The van der Waals surface area contributed by atoms with Crippen LogP contribution >= 0.6 is 45.2 Å². The highest BCUT2D eigenvalue weighted by Gasteiger charge is 2.17. The van der Waals surface area contributed by atoms with E-state index in [4.69, 9.17) is 0 Å². The van der Waals surface area contributed by atoms with Crippen molar-refractivity contribution in [3.05, 3.63) is 55.9 Å². The number of hydrogen-bond donors (Lipinski definition) is 0. The van der Waals surface area contributed by atoms with Crippen molar-refractivity contribution < 1.29 is 8.42 Å². The van der Waals surface area contributed by atoms with Gasteiger partial charge in [0.15, 0.2) is 0 Å². The summed E-state index contributed by atoms with van der Waals surface area (Å²) in [6, 6.07) is 11.9. The van der Waals surface area contributed by atoms with Crippen molar-refractivity contribution in [2.24, 2.45) is 0 Å². The van der Waals surface area contributed by atoms with E-state index in [1.54, 1.807) is 48.7 Å². The van der Waals surface area contributed by atoms with Gasteiger partial charge in [-0.2, -0.15) is 0 Å². The number of halogens is 2. The van der Waals surface area contributed by atoms with Gasteiger partial charge >= 0.3 is 0 Å². The van der Waals surface area contributed by atoms with Gasteiger partial charge in [0.25, 0.3) is 10.0 Å². The molecule has 0 radical (unpaired) electrons. The van der Waals surface area contributed by atoms with E-state index in [9.17, 15) is 8.42 Å². The predicted octanol–water partition coefficient (Wildman–Crippen LogP) is 3.89. The molecule has 0 atom stereocenters. The van der Waals surface area contributed by atoms with Crippen LogP contribution < -0.4 is 0 Å². The van der Waals surface area contributed by atoms with E-state index in [-0.39, 0.29) is 0 Å². The maximum Gasteiger partial charge on any atom is 0.268 e. The monoisotopic (exact) mass is 485 g/mol. The lowest BCUT2D eigenvalue weighted by atomic mass is 10.4. The van der Waals surface area contributed by atoms with E-state index in [1.807, 2.05) is 6.08 Å². The van der Waals surface area contributed by atoms with E-state index in [0.29, 0.717) is 10.6 Å². The maximum atomic E-state index is 12.4. The van der Waals surface area contributed by atoms with E-state index in [0.717, 1.165) is 1.59 Å². The van der Waals surface area contributed by atoms with Crippen LogP contribution in [0.4, 0.5) is 0 Å². The molecule has 0 bridgehead atoms. The van der Waals surface area contributed by atoms with Gasteiger partial charge in [-0.1, -0.05) is 18.2 Å². The molecule has 1 aromatic heterocycles. The lowest BCUT2D eigenvalue weighted by Gasteiger charge is -2.08. The van der Waals surface area contributed by atoms with Crippen LogP contribution in [0.25, 0.3) is 6.08 Å². The van der Waals surface area contributed by atoms with Gasteiger partial charge in [-0.15, -0.1) is 0 Å². The summed E-state index contributed by atoms with van der Waals surface area (Å²) in [7, 11) is -3.51. The zero-order valence-electron chi connectivity index (χ0n) is 9.12. The SMILES string of the molecule is O=S(=O)(c1ccccc1)n1cccc1C=C(I)I. The largest absolute Gasteiger partial charge is 0.268 e. The highest BCUT2D eigenvalue weighted by atomic mass is 127. The molecule has 2 aromatic rings. The summed E-state index contributed by atoms with van der Waals surface area (Å²) in [5.41, 5.74) is 0.651. The highest BCUT2D eigenvalue weighted by Crippen LogP contribution is 2.22. The van der Waals surface area contributed by atoms with Gasteiger partial charge in [0, 0.05) is 6.20 Å². The molecular weight excluding hydrogens is 476 g/mol.